The molecule has 0 spiro atoms. The summed E-state index contributed by atoms with van der Waals surface area (Å²) in [5.74, 6) is -0.639. The number of benzene rings is 2. The van der Waals surface area contributed by atoms with Crippen molar-refractivity contribution in [2.24, 2.45) is 0 Å². The number of hydrogen-bond donors (Lipinski definition) is 2. The van der Waals surface area contributed by atoms with E-state index < -0.39 is 0 Å². The second-order valence-electron chi connectivity index (χ2n) is 9.80. The molecule has 0 atom stereocenters. The monoisotopic (exact) mass is 499 g/mol. The third-order valence-electron chi connectivity index (χ3n) is 7.50. The van der Waals surface area contributed by atoms with Gasteiger partial charge in [-0.3, -0.25) is 9.89 Å². The second-order valence-corrected chi connectivity index (χ2v) is 10.2. The number of H-pyrrole nitrogens is 1. The van der Waals surface area contributed by atoms with Gasteiger partial charge in [0.25, 0.3) is 5.91 Å². The number of nitrogens with zero attached hydrogens (tertiary/aromatic N) is 3. The van der Waals surface area contributed by atoms with Gasteiger partial charge in [0, 0.05) is 52.4 Å². The van der Waals surface area contributed by atoms with Crippen LogP contribution in [0.3, 0.4) is 0 Å². The molecule has 1 aliphatic rings. The van der Waals surface area contributed by atoms with Gasteiger partial charge >= 0.3 is 0 Å². The number of anilines is 1. The standard InChI is InChI=1S/C27H35ClFN5O/c1-6-34(20-9-7-19(8-10-20)33(4)5)25-13-18(28)12-21(17(25)3)27(35)30-14-23-24(29)11-16(2)22-15-31-32-26(22)23/h11-13,15,19-20H,6-10,14H2,1-5H3,(H,30,35)(H,31,32)/t19-,20-. The van der Waals surface area contributed by atoms with Gasteiger partial charge in [0.1, 0.15) is 5.82 Å². The zero-order chi connectivity index (χ0) is 25.3. The van der Waals surface area contributed by atoms with E-state index in [0.717, 1.165) is 54.4 Å². The highest BCUT2D eigenvalue weighted by atomic mass is 35.5. The number of aromatic amines is 1. The van der Waals surface area contributed by atoms with Crippen molar-refractivity contribution in [3.63, 3.8) is 0 Å². The number of hydrogen-bond acceptors (Lipinski definition) is 4. The molecule has 1 saturated carbocycles. The van der Waals surface area contributed by atoms with Gasteiger partial charge in [-0.2, -0.15) is 5.10 Å². The number of nitrogens with one attached hydrogen (secondary N) is 2. The number of carbonyl (C=O) groups is 1. The van der Waals surface area contributed by atoms with Crippen molar-refractivity contribution < 1.29 is 9.18 Å². The minimum Gasteiger partial charge on any atom is -0.369 e. The molecule has 0 radical (unpaired) electrons. The molecule has 1 fully saturated rings. The lowest BCUT2D eigenvalue weighted by Gasteiger charge is -2.40. The smallest absolute Gasteiger partial charge is 0.251 e. The summed E-state index contributed by atoms with van der Waals surface area (Å²) in [7, 11) is 4.29. The highest BCUT2D eigenvalue weighted by molar-refractivity contribution is 6.31. The summed E-state index contributed by atoms with van der Waals surface area (Å²) in [6.07, 6.45) is 6.21. The van der Waals surface area contributed by atoms with E-state index in [1.54, 1.807) is 12.3 Å². The molecule has 0 saturated heterocycles. The third kappa shape index (κ3) is 5.16. The minimum absolute atomic E-state index is 0.0525. The maximum Gasteiger partial charge on any atom is 0.251 e. The molecule has 8 heteroatoms. The topological polar surface area (TPSA) is 64.3 Å². The fourth-order valence-electron chi connectivity index (χ4n) is 5.44. The van der Waals surface area contributed by atoms with Gasteiger partial charge in [-0.15, -0.1) is 0 Å². The Hall–Kier alpha value is -2.64. The lowest BCUT2D eigenvalue weighted by atomic mass is 9.89. The maximum atomic E-state index is 14.7. The Morgan fingerprint density at radius 2 is 1.86 bits per heavy atom. The predicted molar refractivity (Wildman–Crippen MR) is 141 cm³/mol. The van der Waals surface area contributed by atoms with Crippen LogP contribution < -0.4 is 10.2 Å². The molecule has 0 aliphatic heterocycles. The predicted octanol–water partition coefficient (Wildman–Crippen LogP) is 5.60. The van der Waals surface area contributed by atoms with Crippen molar-refractivity contribution in [3.05, 3.63) is 57.5 Å². The van der Waals surface area contributed by atoms with Crippen molar-refractivity contribution in [2.45, 2.75) is 65.1 Å². The molecular weight excluding hydrogens is 465 g/mol. The normalized spacial score (nSPS) is 18.3. The number of carbonyl (C=O) groups excluding carboxylic acids is 1. The van der Waals surface area contributed by atoms with Crippen LogP contribution >= 0.6 is 11.6 Å². The Labute approximate surface area is 211 Å². The molecule has 1 heterocycles. The molecule has 0 unspecified atom stereocenters. The summed E-state index contributed by atoms with van der Waals surface area (Å²) in [4.78, 5) is 18.0. The number of rotatable bonds is 7. The summed E-state index contributed by atoms with van der Waals surface area (Å²) in [5, 5.41) is 11.2. The van der Waals surface area contributed by atoms with Crippen LogP contribution in [0.25, 0.3) is 10.9 Å². The van der Waals surface area contributed by atoms with Gasteiger partial charge in [0.15, 0.2) is 0 Å². The van der Waals surface area contributed by atoms with Gasteiger partial charge in [0.2, 0.25) is 0 Å². The molecule has 4 rings (SSSR count). The Balaban J connectivity index is 1.56. The molecule has 3 aromatic rings. The fraction of sp³-hybridized carbons (Fsp3) is 0.481. The lowest BCUT2D eigenvalue weighted by Crippen LogP contribution is -2.42. The van der Waals surface area contributed by atoms with E-state index in [1.165, 1.54) is 6.07 Å². The number of fused-ring (bicyclic) bond motifs is 1. The van der Waals surface area contributed by atoms with Gasteiger partial charge in [0.05, 0.1) is 11.7 Å². The first-order valence-electron chi connectivity index (χ1n) is 12.3. The number of aryl methyl sites for hydroxylation is 1. The van der Waals surface area contributed by atoms with E-state index in [2.05, 4.69) is 46.3 Å². The molecule has 35 heavy (non-hydrogen) atoms. The third-order valence-corrected chi connectivity index (χ3v) is 7.72. The van der Waals surface area contributed by atoms with Crippen molar-refractivity contribution in [3.8, 4) is 0 Å². The number of amides is 1. The van der Waals surface area contributed by atoms with Crippen LogP contribution in [0.1, 0.15) is 59.7 Å². The molecule has 188 valence electrons. The fourth-order valence-corrected chi connectivity index (χ4v) is 5.65. The summed E-state index contributed by atoms with van der Waals surface area (Å²) >= 11 is 6.51. The SMILES string of the molecule is CCN(c1cc(Cl)cc(C(=O)NCc2c(F)cc(C)c3cn[nH]c23)c1C)[C@H]1CC[C@H](N(C)C)CC1. The Bertz CT molecular complexity index is 1220. The lowest BCUT2D eigenvalue weighted by molar-refractivity contribution is 0.0950. The average molecular weight is 500 g/mol. The molecule has 2 N–H and O–H groups in total. The van der Waals surface area contributed by atoms with E-state index in [1.807, 2.05) is 19.9 Å². The van der Waals surface area contributed by atoms with Crippen LogP contribution in [-0.2, 0) is 6.54 Å². The summed E-state index contributed by atoms with van der Waals surface area (Å²) in [5.41, 5.74) is 4.20. The van der Waals surface area contributed by atoms with Gasteiger partial charge in [-0.1, -0.05) is 11.6 Å². The summed E-state index contributed by atoms with van der Waals surface area (Å²) < 4.78 is 14.7. The first kappa shape index (κ1) is 25.5. The van der Waals surface area contributed by atoms with Crippen LogP contribution in [0.4, 0.5) is 10.1 Å². The molecular formula is C27H35ClFN5O. The number of halogens is 2. The first-order chi connectivity index (χ1) is 16.7. The molecule has 0 bridgehead atoms. The van der Waals surface area contributed by atoms with Crippen molar-refractivity contribution >= 4 is 34.1 Å². The zero-order valence-electron chi connectivity index (χ0n) is 21.2. The van der Waals surface area contributed by atoms with E-state index in [4.69, 9.17) is 11.6 Å². The Morgan fingerprint density at radius 3 is 2.51 bits per heavy atom. The van der Waals surface area contributed by atoms with E-state index >= 15 is 0 Å². The molecule has 2 aromatic carbocycles. The van der Waals surface area contributed by atoms with E-state index in [0.29, 0.717) is 33.7 Å². The minimum atomic E-state index is -0.367. The highest BCUT2D eigenvalue weighted by Crippen LogP contribution is 2.34. The summed E-state index contributed by atoms with van der Waals surface area (Å²) in [6.45, 7) is 6.84. The maximum absolute atomic E-state index is 14.7. The first-order valence-corrected chi connectivity index (χ1v) is 12.7. The van der Waals surface area contributed by atoms with E-state index in [-0.39, 0.29) is 18.3 Å². The van der Waals surface area contributed by atoms with Crippen molar-refractivity contribution in [1.29, 1.82) is 0 Å². The largest absolute Gasteiger partial charge is 0.369 e. The molecule has 1 aliphatic carbocycles. The van der Waals surface area contributed by atoms with Gasteiger partial charge in [-0.25, -0.2) is 4.39 Å². The molecule has 1 amide bonds. The van der Waals surface area contributed by atoms with Gasteiger partial charge in [-0.05, 0) is 89.9 Å². The Kier molecular flexibility index (Phi) is 7.67. The van der Waals surface area contributed by atoms with Crippen LogP contribution in [0, 0.1) is 19.7 Å². The second kappa shape index (κ2) is 10.5. The Morgan fingerprint density at radius 1 is 1.17 bits per heavy atom. The van der Waals surface area contributed by atoms with Crippen LogP contribution in [0.2, 0.25) is 5.02 Å². The summed E-state index contributed by atoms with van der Waals surface area (Å²) in [6, 6.07) is 6.17. The van der Waals surface area contributed by atoms with Crippen molar-refractivity contribution in [2.75, 3.05) is 25.5 Å². The van der Waals surface area contributed by atoms with E-state index in [9.17, 15) is 9.18 Å². The van der Waals surface area contributed by atoms with Crippen LogP contribution in [0.5, 0.6) is 0 Å². The molecule has 1 aromatic heterocycles. The zero-order valence-corrected chi connectivity index (χ0v) is 22.0. The molecule has 6 nitrogen and oxygen atoms in total. The highest BCUT2D eigenvalue weighted by Gasteiger charge is 2.28. The van der Waals surface area contributed by atoms with Crippen LogP contribution in [-0.4, -0.2) is 53.7 Å². The number of aromatic nitrogens is 2. The average Bonchev–Trinajstić information content (AvgIpc) is 3.32. The van der Waals surface area contributed by atoms with Gasteiger partial charge < -0.3 is 15.1 Å². The quantitative estimate of drug-likeness (QED) is 0.444. The van der Waals surface area contributed by atoms with Crippen molar-refractivity contribution in [1.82, 2.24) is 20.4 Å². The van der Waals surface area contributed by atoms with Crippen LogP contribution in [0.15, 0.2) is 24.4 Å².